The van der Waals surface area contributed by atoms with Gasteiger partial charge in [-0.25, -0.2) is 49.4 Å². The molecule has 12 atom stereocenters. The number of hydrogen-bond donors (Lipinski definition) is 6. The number of phosphoric acid groups is 1. The lowest BCUT2D eigenvalue weighted by atomic mass is 10.1. The lowest BCUT2D eigenvalue weighted by molar-refractivity contribution is -0.0729. The van der Waals surface area contributed by atoms with Crippen LogP contribution in [0.15, 0.2) is 124 Å². The molecule has 9 heterocycles. The third-order valence-electron chi connectivity index (χ3n) is 14.1. The minimum Gasteiger partial charge on any atom is -0.387 e. The van der Waals surface area contributed by atoms with Crippen molar-refractivity contribution in [3.8, 4) is 0 Å². The molecule has 0 unspecified atom stereocenters. The number of fused-ring (bicyclic) bond motifs is 3. The van der Waals surface area contributed by atoms with Crippen molar-refractivity contribution in [3.63, 3.8) is 0 Å². The van der Waals surface area contributed by atoms with E-state index in [2.05, 4.69) is 92.6 Å². The Bertz CT molecular complexity index is 3540. The molecule has 0 radical (unpaired) electrons. The Kier molecular flexibility index (Phi) is 16.8. The van der Waals surface area contributed by atoms with E-state index in [0.717, 1.165) is 16.7 Å². The van der Waals surface area contributed by atoms with E-state index in [1.54, 1.807) is 18.2 Å². The zero-order valence-corrected chi connectivity index (χ0v) is 48.5. The van der Waals surface area contributed by atoms with Crippen LogP contribution in [0, 0.1) is 0 Å². The molecule has 0 bridgehead atoms. The Labute approximate surface area is 495 Å². The van der Waals surface area contributed by atoms with Crippen LogP contribution in [0.3, 0.4) is 0 Å². The summed E-state index contributed by atoms with van der Waals surface area (Å²) in [5, 5.41) is 69.0. The molecular formula is C54H48Br3N12O13P. The van der Waals surface area contributed by atoms with Gasteiger partial charge < -0.3 is 44.8 Å². The van der Waals surface area contributed by atoms with Gasteiger partial charge in [-0.2, -0.15) is 0 Å². The van der Waals surface area contributed by atoms with E-state index in [-0.39, 0.29) is 31.1 Å². The normalized spacial score (nSPS) is 25.9. The zero-order valence-electron chi connectivity index (χ0n) is 42.9. The van der Waals surface area contributed by atoms with E-state index in [9.17, 15) is 30.6 Å². The number of aromatic nitrogens is 12. The van der Waals surface area contributed by atoms with Crippen molar-refractivity contribution >= 4 is 126 Å². The fourth-order valence-corrected chi connectivity index (χ4v) is 12.7. The molecule has 83 heavy (non-hydrogen) atoms. The maximum Gasteiger partial charge on any atom is 0.475 e. The van der Waals surface area contributed by atoms with Gasteiger partial charge in [-0.3, -0.25) is 27.3 Å². The van der Waals surface area contributed by atoms with Crippen LogP contribution in [-0.4, -0.2) is 164 Å². The van der Waals surface area contributed by atoms with Gasteiger partial charge in [0.25, 0.3) is 0 Å². The minimum absolute atomic E-state index is 0.177. The van der Waals surface area contributed by atoms with Crippen molar-refractivity contribution < 1.29 is 63.0 Å². The first-order valence-electron chi connectivity index (χ1n) is 25.7. The summed E-state index contributed by atoms with van der Waals surface area (Å²) in [6.07, 6.45) is -3.37. The molecule has 6 aromatic heterocycles. The Morgan fingerprint density at radius 1 is 0.422 bits per heavy atom. The summed E-state index contributed by atoms with van der Waals surface area (Å²) in [6.45, 7) is -2.25. The summed E-state index contributed by atoms with van der Waals surface area (Å²) >= 11 is 10.3. The second kappa shape index (κ2) is 24.4. The van der Waals surface area contributed by atoms with Crippen LogP contribution >= 0.6 is 55.6 Å². The summed E-state index contributed by atoms with van der Waals surface area (Å²) < 4.78 is 56.1. The molecular weight excluding hydrogens is 1300 g/mol. The molecule has 6 N–H and O–H groups in total. The number of ether oxygens (including phenoxy) is 3. The maximum atomic E-state index is 15.1. The zero-order chi connectivity index (χ0) is 57.5. The molecule has 9 aromatic rings. The van der Waals surface area contributed by atoms with Crippen LogP contribution in [0.4, 0.5) is 0 Å². The number of benzene rings is 3. The highest BCUT2D eigenvalue weighted by molar-refractivity contribution is 9.10. The smallest absolute Gasteiger partial charge is 0.387 e. The Balaban J connectivity index is 0.789. The van der Waals surface area contributed by atoms with Gasteiger partial charge in [-0.1, -0.05) is 109 Å². The molecule has 0 saturated carbocycles. The number of aliphatic hydroxyl groups excluding tert-OH is 6. The van der Waals surface area contributed by atoms with Gasteiger partial charge in [0.05, 0.1) is 36.9 Å². The third-order valence-corrected chi connectivity index (χ3v) is 17.1. The van der Waals surface area contributed by atoms with Crippen LogP contribution < -0.4 is 0 Å². The lowest BCUT2D eigenvalue weighted by Gasteiger charge is -2.24. The van der Waals surface area contributed by atoms with E-state index in [1.165, 1.54) is 32.7 Å². The average molecular weight is 1340 g/mol. The highest BCUT2D eigenvalue weighted by Gasteiger charge is 2.51. The number of imidazole rings is 3. The number of aliphatic hydroxyl groups is 6. The van der Waals surface area contributed by atoms with E-state index < -0.39 is 101 Å². The molecule has 12 rings (SSSR count). The van der Waals surface area contributed by atoms with E-state index in [1.807, 2.05) is 109 Å². The fraction of sp³-hybridized carbons (Fsp3) is 0.278. The minimum atomic E-state index is -5.01. The highest BCUT2D eigenvalue weighted by atomic mass is 79.9. The Morgan fingerprint density at radius 3 is 0.976 bits per heavy atom. The molecule has 3 aliphatic heterocycles. The van der Waals surface area contributed by atoms with E-state index in [0.29, 0.717) is 33.6 Å². The van der Waals surface area contributed by atoms with Gasteiger partial charge in [-0.05, 0) is 82.7 Å². The molecule has 3 aromatic carbocycles. The Morgan fingerprint density at radius 2 is 0.699 bits per heavy atom. The predicted molar refractivity (Wildman–Crippen MR) is 308 cm³/mol. The first-order chi connectivity index (χ1) is 40.2. The molecule has 0 aliphatic carbocycles. The fourth-order valence-electron chi connectivity index (χ4n) is 9.81. The molecule has 0 amide bonds. The largest absolute Gasteiger partial charge is 0.475 e. The molecule has 3 fully saturated rings. The van der Waals surface area contributed by atoms with Crippen LogP contribution in [0.5, 0.6) is 0 Å². The summed E-state index contributed by atoms with van der Waals surface area (Å²) in [5.41, 5.74) is 5.86. The molecule has 25 nitrogen and oxygen atoms in total. The van der Waals surface area contributed by atoms with Gasteiger partial charge in [0.2, 0.25) is 0 Å². The average Bonchev–Trinajstić information content (AvgIpc) is 3.07. The molecule has 29 heteroatoms. The number of rotatable bonds is 18. The van der Waals surface area contributed by atoms with Crippen molar-refractivity contribution in [2.75, 3.05) is 19.8 Å². The monoisotopic (exact) mass is 1340 g/mol. The van der Waals surface area contributed by atoms with Gasteiger partial charge in [-0.15, -0.1) is 0 Å². The van der Waals surface area contributed by atoms with Crippen molar-refractivity contribution in [2.24, 2.45) is 0 Å². The number of phosphoric ester groups is 1. The molecule has 428 valence electrons. The van der Waals surface area contributed by atoms with Crippen molar-refractivity contribution in [1.29, 1.82) is 0 Å². The first kappa shape index (κ1) is 57.2. The van der Waals surface area contributed by atoms with Gasteiger partial charge in [0.15, 0.2) is 49.8 Å². The lowest BCUT2D eigenvalue weighted by Crippen LogP contribution is -2.35. The molecule has 3 aliphatic rings. The van der Waals surface area contributed by atoms with Crippen molar-refractivity contribution in [1.82, 2.24) is 58.6 Å². The summed E-state index contributed by atoms with van der Waals surface area (Å²) in [5.74, 6) is 0. The van der Waals surface area contributed by atoms with E-state index >= 15 is 4.57 Å². The number of nitrogens with zero attached hydrogens (tertiary/aromatic N) is 12. The molecule has 0 spiro atoms. The van der Waals surface area contributed by atoms with Crippen LogP contribution in [0.25, 0.3) is 69.9 Å². The number of halogens is 3. The quantitative estimate of drug-likeness (QED) is 0.0404. The maximum absolute atomic E-state index is 15.1. The van der Waals surface area contributed by atoms with Crippen molar-refractivity contribution in [2.45, 2.75) is 73.6 Å². The van der Waals surface area contributed by atoms with Crippen LogP contribution in [-0.2, 0) is 32.3 Å². The van der Waals surface area contributed by atoms with E-state index in [4.69, 9.17) is 27.8 Å². The second-order valence-corrected chi connectivity index (χ2v) is 23.0. The van der Waals surface area contributed by atoms with Crippen LogP contribution in [0.2, 0.25) is 0 Å². The third kappa shape index (κ3) is 11.6. The summed E-state index contributed by atoms with van der Waals surface area (Å²) in [7, 11) is -5.01. The second-order valence-electron chi connectivity index (χ2n) is 19.3. The van der Waals surface area contributed by atoms with Crippen LogP contribution in [0.1, 0.15) is 52.5 Å². The summed E-state index contributed by atoms with van der Waals surface area (Å²) in [6, 6.07) is 28.6. The van der Waals surface area contributed by atoms with Gasteiger partial charge >= 0.3 is 7.82 Å². The topological polar surface area (TPSA) is 325 Å². The highest BCUT2D eigenvalue weighted by Crippen LogP contribution is 2.52. The van der Waals surface area contributed by atoms with Crippen molar-refractivity contribution in [3.05, 3.63) is 158 Å². The predicted octanol–water partition coefficient (Wildman–Crippen LogP) is 6.32. The SMILES string of the molecule is O=P(OC[C@H]1O[C@@H](n2c(Br)nc3c(/C=C/c4ccccc4)ncnc32)[C@H](O)[C@@H]1O)(OC[C@H]1O[C@@H](n2c(Br)nc3c(/C=C/c4ccccc4)ncnc32)[C@H](O)[C@@H]1O)OC[C@H]1O[C@@H](n2c(Br)nc3c(/C=C/c4ccccc4)ncnc32)[C@H](O)[C@@H]1O. The first-order valence-corrected chi connectivity index (χ1v) is 29.5. The summed E-state index contributed by atoms with van der Waals surface area (Å²) in [4.78, 5) is 40.2. The Hall–Kier alpha value is -6.28. The standard InChI is InChI=1S/C54H48Br3N12O13P/c55-52-64-37-31(19-16-28-10-4-1-5-11-28)58-25-61-46(37)67(52)49-43(73)40(70)34(80-49)22-77-83(76,78-23-35-41(71)44(74)50(81-35)68-47-38(65-53(68)56)32(59-26-62-47)20-17-29-12-6-2-7-13-29)79-24-36-42(72)45(75)51(82-36)69-48-39(66-54(69)57)33(60-27-63-48)21-18-30-14-8-3-9-15-30/h1-21,25-27,34-36,40-45,49-51,70-75H,22-24H2/b19-16+,20-17+,21-18+/t34-,35-,36-,40-,41-,42-,43-,44-,45-,49-,50-,51-/m1/s1. The van der Waals surface area contributed by atoms with Gasteiger partial charge in [0, 0.05) is 0 Å². The van der Waals surface area contributed by atoms with Gasteiger partial charge in [0.1, 0.15) is 90.5 Å². The number of hydrogen-bond acceptors (Lipinski definition) is 22. The molecule has 3 saturated heterocycles.